The topological polar surface area (TPSA) is 35.5 Å². The van der Waals surface area contributed by atoms with E-state index in [0.29, 0.717) is 31.6 Å². The van der Waals surface area contributed by atoms with Crippen LogP contribution in [0.15, 0.2) is 115 Å². The number of carbonyl (C=O) groups is 1. The molecule has 4 rings (SSSR count). The maximum absolute atomic E-state index is 12.5. The lowest BCUT2D eigenvalue weighted by Gasteiger charge is -2.07. The van der Waals surface area contributed by atoms with Crippen LogP contribution in [0.4, 0.5) is 0 Å². The van der Waals surface area contributed by atoms with Gasteiger partial charge in [-0.25, -0.2) is 0 Å². The van der Waals surface area contributed by atoms with Gasteiger partial charge >= 0.3 is 0 Å². The monoisotopic (exact) mass is 448 g/mol. The van der Waals surface area contributed by atoms with Gasteiger partial charge < -0.3 is 9.47 Å². The summed E-state index contributed by atoms with van der Waals surface area (Å²) in [5.74, 6) is 1.73. The van der Waals surface area contributed by atoms with Crippen LogP contribution in [0.5, 0.6) is 11.5 Å². The maximum Gasteiger partial charge on any atom is 0.163 e. The van der Waals surface area contributed by atoms with Crippen LogP contribution in [-0.2, 0) is 13.2 Å². The zero-order valence-corrected chi connectivity index (χ0v) is 19.1. The first-order chi connectivity index (χ1) is 16.8. The van der Waals surface area contributed by atoms with E-state index in [1.807, 2.05) is 121 Å². The zero-order valence-electron chi connectivity index (χ0n) is 19.1. The second kappa shape index (κ2) is 12.2. The molecule has 3 nitrogen and oxygen atoms in total. The van der Waals surface area contributed by atoms with Crippen molar-refractivity contribution in [3.05, 3.63) is 138 Å². The fourth-order valence-corrected chi connectivity index (χ4v) is 3.47. The summed E-state index contributed by atoms with van der Waals surface area (Å²) >= 11 is 0. The molecule has 170 valence electrons. The van der Waals surface area contributed by atoms with Crippen molar-refractivity contribution in [2.75, 3.05) is 0 Å². The first kappa shape index (κ1) is 23.1. The number of ketones is 1. The Balaban J connectivity index is 1.19. The summed E-state index contributed by atoms with van der Waals surface area (Å²) < 4.78 is 11.6. The smallest absolute Gasteiger partial charge is 0.163 e. The fraction of sp³-hybridized carbons (Fsp3) is 0.129. The SMILES string of the molecule is O=C(CCC=Cc1ccc(OCc2ccccc2)cc1)c1ccc(OCc2ccccc2)cc1. The molecule has 3 heteroatoms. The maximum atomic E-state index is 12.5. The van der Waals surface area contributed by atoms with Gasteiger partial charge in [0.15, 0.2) is 5.78 Å². The van der Waals surface area contributed by atoms with Gasteiger partial charge in [-0.1, -0.05) is 84.9 Å². The summed E-state index contributed by atoms with van der Waals surface area (Å²) in [6.45, 7) is 1.07. The molecule has 0 atom stereocenters. The third kappa shape index (κ3) is 7.21. The Morgan fingerprint density at radius 1 is 0.618 bits per heavy atom. The van der Waals surface area contributed by atoms with Crippen molar-refractivity contribution < 1.29 is 14.3 Å². The van der Waals surface area contributed by atoms with E-state index in [2.05, 4.69) is 0 Å². The number of hydrogen-bond donors (Lipinski definition) is 0. The van der Waals surface area contributed by atoms with Crippen LogP contribution in [0.2, 0.25) is 0 Å². The summed E-state index contributed by atoms with van der Waals surface area (Å²) in [7, 11) is 0. The van der Waals surface area contributed by atoms with Gasteiger partial charge in [0.05, 0.1) is 0 Å². The van der Waals surface area contributed by atoms with E-state index in [4.69, 9.17) is 9.47 Å². The standard InChI is InChI=1S/C31H28O3/c32-31(28-17-21-30(22-18-28)34-24-27-12-5-2-6-13-27)14-8-7-9-25-15-19-29(20-16-25)33-23-26-10-3-1-4-11-26/h1-7,9-13,15-22H,8,14,23-24H2. The normalized spacial score (nSPS) is 10.8. The Hall–Kier alpha value is -4.11. The molecule has 0 N–H and O–H groups in total. The highest BCUT2D eigenvalue weighted by molar-refractivity contribution is 5.96. The van der Waals surface area contributed by atoms with E-state index < -0.39 is 0 Å². The highest BCUT2D eigenvalue weighted by Crippen LogP contribution is 2.17. The molecule has 4 aromatic rings. The summed E-state index contributed by atoms with van der Waals surface area (Å²) in [5.41, 5.74) is 4.05. The lowest BCUT2D eigenvalue weighted by Crippen LogP contribution is -1.99. The Bertz CT molecular complexity index is 1180. The van der Waals surface area contributed by atoms with Crippen molar-refractivity contribution in [3.8, 4) is 11.5 Å². The van der Waals surface area contributed by atoms with Crippen LogP contribution < -0.4 is 9.47 Å². The molecule has 0 amide bonds. The van der Waals surface area contributed by atoms with Crippen LogP contribution in [-0.4, -0.2) is 5.78 Å². The Morgan fingerprint density at radius 3 is 1.65 bits per heavy atom. The number of benzene rings is 4. The van der Waals surface area contributed by atoms with Crippen LogP contribution in [0.1, 0.15) is 39.9 Å². The van der Waals surface area contributed by atoms with E-state index in [1.165, 1.54) is 0 Å². The lowest BCUT2D eigenvalue weighted by molar-refractivity contribution is 0.0983. The number of hydrogen-bond acceptors (Lipinski definition) is 3. The van der Waals surface area contributed by atoms with Crippen LogP contribution in [0, 0.1) is 0 Å². The van der Waals surface area contributed by atoms with E-state index in [-0.39, 0.29) is 5.78 Å². The quantitative estimate of drug-likeness (QED) is 0.223. The third-order valence-electron chi connectivity index (χ3n) is 5.40. The van der Waals surface area contributed by atoms with Gasteiger partial charge in [-0.05, 0) is 59.5 Å². The number of allylic oxidation sites excluding steroid dienone is 1. The second-order valence-electron chi connectivity index (χ2n) is 8.01. The van der Waals surface area contributed by atoms with Gasteiger partial charge in [-0.2, -0.15) is 0 Å². The van der Waals surface area contributed by atoms with Crippen molar-refractivity contribution in [3.63, 3.8) is 0 Å². The van der Waals surface area contributed by atoms with Crippen LogP contribution in [0.25, 0.3) is 6.08 Å². The van der Waals surface area contributed by atoms with Crippen molar-refractivity contribution in [2.24, 2.45) is 0 Å². The van der Waals surface area contributed by atoms with Gasteiger partial charge in [-0.3, -0.25) is 4.79 Å². The molecule has 0 spiro atoms. The van der Waals surface area contributed by atoms with E-state index >= 15 is 0 Å². The van der Waals surface area contributed by atoms with Crippen molar-refractivity contribution in [1.29, 1.82) is 0 Å². The van der Waals surface area contributed by atoms with Crippen molar-refractivity contribution in [2.45, 2.75) is 26.1 Å². The largest absolute Gasteiger partial charge is 0.489 e. The average molecular weight is 449 g/mol. The minimum absolute atomic E-state index is 0.129. The summed E-state index contributed by atoms with van der Waals surface area (Å²) in [4.78, 5) is 12.5. The van der Waals surface area contributed by atoms with E-state index in [9.17, 15) is 4.79 Å². The molecule has 0 saturated heterocycles. The first-order valence-electron chi connectivity index (χ1n) is 11.5. The summed E-state index contributed by atoms with van der Waals surface area (Å²) in [6, 6.07) is 35.5. The predicted molar refractivity (Wildman–Crippen MR) is 137 cm³/mol. The average Bonchev–Trinajstić information content (AvgIpc) is 2.91. The number of carbonyl (C=O) groups excluding carboxylic acids is 1. The lowest BCUT2D eigenvalue weighted by atomic mass is 10.1. The molecule has 4 aromatic carbocycles. The zero-order chi connectivity index (χ0) is 23.4. The number of rotatable bonds is 11. The third-order valence-corrected chi connectivity index (χ3v) is 5.40. The molecule has 0 bridgehead atoms. The molecular formula is C31H28O3. The Morgan fingerprint density at radius 2 is 1.12 bits per heavy atom. The van der Waals surface area contributed by atoms with E-state index in [1.54, 1.807) is 0 Å². The molecule has 0 aliphatic heterocycles. The minimum Gasteiger partial charge on any atom is -0.489 e. The van der Waals surface area contributed by atoms with Gasteiger partial charge in [0.25, 0.3) is 0 Å². The fourth-order valence-electron chi connectivity index (χ4n) is 3.47. The molecule has 0 aromatic heterocycles. The Kier molecular flexibility index (Phi) is 8.29. The van der Waals surface area contributed by atoms with E-state index in [0.717, 1.165) is 28.2 Å². The number of Topliss-reactive ketones (excluding diaryl/α,β-unsaturated/α-hetero) is 1. The molecule has 0 radical (unpaired) electrons. The van der Waals surface area contributed by atoms with Gasteiger partial charge in [0.1, 0.15) is 24.7 Å². The second-order valence-corrected chi connectivity index (χ2v) is 8.01. The molecule has 0 aliphatic rings. The highest BCUT2D eigenvalue weighted by Gasteiger charge is 2.05. The minimum atomic E-state index is 0.129. The summed E-state index contributed by atoms with van der Waals surface area (Å²) in [5, 5.41) is 0. The molecule has 0 fully saturated rings. The van der Waals surface area contributed by atoms with Gasteiger partial charge in [0.2, 0.25) is 0 Å². The highest BCUT2D eigenvalue weighted by atomic mass is 16.5. The molecule has 0 unspecified atom stereocenters. The molecule has 34 heavy (non-hydrogen) atoms. The van der Waals surface area contributed by atoms with Crippen LogP contribution in [0.3, 0.4) is 0 Å². The molecular weight excluding hydrogens is 420 g/mol. The predicted octanol–water partition coefficient (Wildman–Crippen LogP) is 7.52. The van der Waals surface area contributed by atoms with Gasteiger partial charge in [-0.15, -0.1) is 0 Å². The molecule has 0 aliphatic carbocycles. The molecule has 0 saturated carbocycles. The molecule has 0 heterocycles. The summed E-state index contributed by atoms with van der Waals surface area (Å²) in [6.07, 6.45) is 5.24. The van der Waals surface area contributed by atoms with Gasteiger partial charge in [0, 0.05) is 12.0 Å². The van der Waals surface area contributed by atoms with Crippen LogP contribution >= 0.6 is 0 Å². The Labute approximate surface area is 201 Å². The van der Waals surface area contributed by atoms with Crippen molar-refractivity contribution >= 4 is 11.9 Å². The van der Waals surface area contributed by atoms with Crippen molar-refractivity contribution in [1.82, 2.24) is 0 Å². The number of ether oxygens (including phenoxy) is 2. The first-order valence-corrected chi connectivity index (χ1v) is 11.5.